The molecule has 0 aliphatic rings. The smallest absolute Gasteiger partial charge is 0.0425 e. The van der Waals surface area contributed by atoms with Gasteiger partial charge in [-0.1, -0.05) is 67.1 Å². The summed E-state index contributed by atoms with van der Waals surface area (Å²) in [5.41, 5.74) is 0. The van der Waals surface area contributed by atoms with Gasteiger partial charge in [0.05, 0.1) is 0 Å². The van der Waals surface area contributed by atoms with Gasteiger partial charge in [-0.25, -0.2) is 0 Å². The lowest BCUT2D eigenvalue weighted by Crippen LogP contribution is -2.34. The third-order valence-corrected chi connectivity index (χ3v) is 7.17. The first kappa shape index (κ1) is 18.5. The molecule has 0 spiro atoms. The molecule has 124 valence electrons. The van der Waals surface area contributed by atoms with Crippen LogP contribution in [0.2, 0.25) is 0 Å². The average molecular weight is 348 g/mol. The molecule has 0 heterocycles. The molecule has 0 amide bonds. The third kappa shape index (κ3) is 7.08. The van der Waals surface area contributed by atoms with Gasteiger partial charge >= 0.3 is 0 Å². The fourth-order valence-corrected chi connectivity index (χ4v) is 5.58. The van der Waals surface area contributed by atoms with Crippen LogP contribution in [0.1, 0.15) is 25.7 Å². The summed E-state index contributed by atoms with van der Waals surface area (Å²) in [4.78, 5) is 31.9. The Morgan fingerprint density at radius 3 is 1.61 bits per heavy atom. The lowest BCUT2D eigenvalue weighted by molar-refractivity contribution is -0.427. The Kier molecular flexibility index (Phi) is 7.62. The van der Waals surface area contributed by atoms with E-state index in [0.29, 0.717) is 6.42 Å². The Labute approximate surface area is 140 Å². The van der Waals surface area contributed by atoms with Gasteiger partial charge in [0.1, 0.15) is 0 Å². The first-order chi connectivity index (χ1) is 11.1. The van der Waals surface area contributed by atoms with Crippen molar-refractivity contribution in [3.8, 4) is 0 Å². The average Bonchev–Trinajstić information content (AvgIpc) is 2.55. The van der Waals surface area contributed by atoms with Crippen molar-refractivity contribution in [2.75, 3.05) is 12.3 Å². The van der Waals surface area contributed by atoms with Crippen molar-refractivity contribution >= 4 is 26.5 Å². The summed E-state index contributed by atoms with van der Waals surface area (Å²) in [5, 5.41) is 2.75. The van der Waals surface area contributed by atoms with Crippen LogP contribution >= 0.6 is 15.9 Å². The van der Waals surface area contributed by atoms with Crippen LogP contribution in [0.25, 0.3) is 0 Å². The molecule has 0 saturated heterocycles. The maximum absolute atomic E-state index is 10.6. The fraction of sp³-hybridized carbons (Fsp3) is 0.333. The summed E-state index contributed by atoms with van der Waals surface area (Å²) >= 11 is 0. The first-order valence-electron chi connectivity index (χ1n) is 7.95. The van der Waals surface area contributed by atoms with Crippen molar-refractivity contribution in [1.82, 2.24) is 0 Å². The molecule has 0 saturated carbocycles. The van der Waals surface area contributed by atoms with Crippen LogP contribution in [0.4, 0.5) is 0 Å². The van der Waals surface area contributed by atoms with E-state index in [0.717, 1.165) is 25.4 Å². The Balaban J connectivity index is 1.87. The molecule has 5 heteroatoms. The molecule has 0 radical (unpaired) electrons. The Bertz CT molecular complexity index is 516. The van der Waals surface area contributed by atoms with Crippen LogP contribution in [-0.2, 0) is 0 Å². The zero-order valence-electron chi connectivity index (χ0n) is 13.1. The lowest BCUT2D eigenvalue weighted by Gasteiger charge is -2.42. The zero-order chi connectivity index (χ0) is 16.5. The molecule has 0 aliphatic heterocycles. The Morgan fingerprint density at radius 2 is 1.13 bits per heavy atom. The van der Waals surface area contributed by atoms with Gasteiger partial charge in [0.25, 0.3) is 0 Å². The normalized spacial score (nSPS) is 11.8. The van der Waals surface area contributed by atoms with Gasteiger partial charge in [0.15, 0.2) is 0 Å². The van der Waals surface area contributed by atoms with Gasteiger partial charge in [-0.15, -0.1) is 0 Å². The monoisotopic (exact) mass is 348 g/mol. The summed E-state index contributed by atoms with van der Waals surface area (Å²) in [5.74, 6) is 0. The third-order valence-electron chi connectivity index (χ3n) is 3.70. The summed E-state index contributed by atoms with van der Waals surface area (Å²) in [6, 6.07) is 21.1. The number of benzene rings is 2. The van der Waals surface area contributed by atoms with E-state index in [1.165, 1.54) is 10.6 Å². The van der Waals surface area contributed by atoms with Crippen molar-refractivity contribution in [1.29, 1.82) is 0 Å². The molecule has 2 aromatic rings. The maximum atomic E-state index is 10.6. The summed E-state index contributed by atoms with van der Waals surface area (Å²) in [7, 11) is -4.70. The van der Waals surface area contributed by atoms with Crippen molar-refractivity contribution in [3.05, 3.63) is 60.7 Å². The SMILES string of the molecule is [O-][P+]([O-])([O-])CCCCCCP(c1ccccc1)c1ccccc1. The van der Waals surface area contributed by atoms with Gasteiger partial charge in [-0.05, 0) is 44.0 Å². The largest absolute Gasteiger partial charge is 0.688 e. The van der Waals surface area contributed by atoms with E-state index in [1.807, 2.05) is 12.1 Å². The molecule has 0 fully saturated rings. The summed E-state index contributed by atoms with van der Waals surface area (Å²) < 4.78 is 0. The highest BCUT2D eigenvalue weighted by molar-refractivity contribution is 7.73. The highest BCUT2D eigenvalue weighted by Gasteiger charge is 2.12. The van der Waals surface area contributed by atoms with E-state index in [9.17, 15) is 14.7 Å². The molecule has 0 aliphatic carbocycles. The second-order valence-electron chi connectivity index (χ2n) is 5.57. The molecule has 0 unspecified atom stereocenters. The molecule has 0 N–H and O–H groups in total. The second kappa shape index (κ2) is 9.47. The van der Waals surface area contributed by atoms with E-state index in [-0.39, 0.29) is 14.1 Å². The van der Waals surface area contributed by atoms with E-state index >= 15 is 0 Å². The fourth-order valence-electron chi connectivity index (χ4n) is 2.55. The number of rotatable bonds is 9. The van der Waals surface area contributed by atoms with Crippen LogP contribution in [0.5, 0.6) is 0 Å². The minimum atomic E-state index is -4.33. The van der Waals surface area contributed by atoms with Gasteiger partial charge in [0.2, 0.25) is 0 Å². The molecule has 3 nitrogen and oxygen atoms in total. The van der Waals surface area contributed by atoms with Crippen LogP contribution in [0, 0.1) is 0 Å². The summed E-state index contributed by atoms with van der Waals surface area (Å²) in [6.07, 6.45) is 4.20. The van der Waals surface area contributed by atoms with E-state index in [1.54, 1.807) is 0 Å². The van der Waals surface area contributed by atoms with Crippen molar-refractivity contribution in [2.24, 2.45) is 0 Å². The van der Waals surface area contributed by atoms with E-state index in [2.05, 4.69) is 48.5 Å². The molecule has 2 aromatic carbocycles. The van der Waals surface area contributed by atoms with Gasteiger partial charge in [0, 0.05) is 6.16 Å². The topological polar surface area (TPSA) is 69.2 Å². The molecule has 0 aromatic heterocycles. The first-order valence-corrected chi connectivity index (χ1v) is 11.2. The molecular weight excluding hydrogens is 326 g/mol. The molecule has 0 bridgehead atoms. The molecule has 2 rings (SSSR count). The molecule has 0 atom stereocenters. The van der Waals surface area contributed by atoms with Gasteiger partial charge in [-0.3, -0.25) is 0 Å². The quantitative estimate of drug-likeness (QED) is 0.510. The highest BCUT2D eigenvalue weighted by atomic mass is 31.2. The van der Waals surface area contributed by atoms with Crippen LogP contribution < -0.4 is 25.3 Å². The Hall–Kier alpha value is -0.820. The number of unbranched alkanes of at least 4 members (excludes halogenated alkanes) is 3. The summed E-state index contributed by atoms with van der Waals surface area (Å²) in [6.45, 7) is 0. The van der Waals surface area contributed by atoms with Gasteiger partial charge < -0.3 is 14.7 Å². The highest BCUT2D eigenvalue weighted by Crippen LogP contribution is 2.35. The van der Waals surface area contributed by atoms with E-state index < -0.39 is 7.94 Å². The second-order valence-corrected chi connectivity index (χ2v) is 9.58. The lowest BCUT2D eigenvalue weighted by atomic mass is 10.2. The predicted molar refractivity (Wildman–Crippen MR) is 94.2 cm³/mol. The standard InChI is InChI=1S/C18H24O3P2/c19-23(20,21)16-10-2-1-9-15-22(17-11-5-3-6-12-17)18-13-7-4-8-14-18/h3-8,11-14H,1-2,9-10,15-16H2,(H2,19,20,21)/p-2. The predicted octanol–water partition coefficient (Wildman–Crippen LogP) is 1.52. The van der Waals surface area contributed by atoms with Crippen LogP contribution in [0.3, 0.4) is 0 Å². The number of hydrogen-bond acceptors (Lipinski definition) is 3. The number of hydrogen-bond donors (Lipinski definition) is 0. The van der Waals surface area contributed by atoms with E-state index in [4.69, 9.17) is 0 Å². The minimum Gasteiger partial charge on any atom is -0.688 e. The zero-order valence-corrected chi connectivity index (χ0v) is 14.9. The molecule has 23 heavy (non-hydrogen) atoms. The van der Waals surface area contributed by atoms with Gasteiger partial charge in [-0.2, -0.15) is 7.94 Å². The van der Waals surface area contributed by atoms with Crippen molar-refractivity contribution < 1.29 is 14.7 Å². The maximum Gasteiger partial charge on any atom is 0.0425 e. The minimum absolute atomic E-state index is 0.209. The van der Waals surface area contributed by atoms with Crippen LogP contribution in [-0.4, -0.2) is 12.3 Å². The van der Waals surface area contributed by atoms with Crippen LogP contribution in [0.15, 0.2) is 60.7 Å². The Morgan fingerprint density at radius 1 is 0.652 bits per heavy atom. The molecular formula is C18H22O3P2-2. The van der Waals surface area contributed by atoms with Crippen molar-refractivity contribution in [2.45, 2.75) is 25.7 Å². The van der Waals surface area contributed by atoms with Crippen molar-refractivity contribution in [3.63, 3.8) is 0 Å².